The third-order valence-corrected chi connectivity index (χ3v) is 1.92. The van der Waals surface area contributed by atoms with Crippen LogP contribution in [0.2, 0.25) is 0 Å². The summed E-state index contributed by atoms with van der Waals surface area (Å²) in [7, 11) is 3.41. The zero-order valence-corrected chi connectivity index (χ0v) is 8.71. The summed E-state index contributed by atoms with van der Waals surface area (Å²) in [6, 6.07) is 7.02. The van der Waals surface area contributed by atoms with Crippen molar-refractivity contribution in [2.45, 2.75) is 6.54 Å². The van der Waals surface area contributed by atoms with Gasteiger partial charge in [-0.25, -0.2) is 0 Å². The van der Waals surface area contributed by atoms with Crippen LogP contribution in [0.1, 0.15) is 15.9 Å². The molecule has 78 valence electrons. The summed E-state index contributed by atoms with van der Waals surface area (Å²) >= 11 is 0. The van der Waals surface area contributed by atoms with Gasteiger partial charge in [-0.1, -0.05) is 17.2 Å². The maximum atomic E-state index is 11.5. The van der Waals surface area contributed by atoms with Gasteiger partial charge < -0.3 is 4.90 Å². The number of benzene rings is 1. The summed E-state index contributed by atoms with van der Waals surface area (Å²) in [6.45, 7) is 0.312. The van der Waals surface area contributed by atoms with Crippen molar-refractivity contribution in [3.05, 3.63) is 45.8 Å². The van der Waals surface area contributed by atoms with Crippen LogP contribution < -0.4 is 0 Å². The molecule has 0 aromatic heterocycles. The van der Waals surface area contributed by atoms with E-state index in [1.54, 1.807) is 38.4 Å². The predicted molar refractivity (Wildman–Crippen MR) is 57.3 cm³/mol. The molecular formula is C10H12N4O. The van der Waals surface area contributed by atoms with Gasteiger partial charge in [-0.15, -0.1) is 0 Å². The van der Waals surface area contributed by atoms with Crippen LogP contribution in [0.15, 0.2) is 29.4 Å². The molecule has 0 aliphatic rings. The lowest BCUT2D eigenvalue weighted by Gasteiger charge is -2.09. The Kier molecular flexibility index (Phi) is 3.71. The Hall–Kier alpha value is -2.00. The molecule has 1 aromatic rings. The van der Waals surface area contributed by atoms with Crippen molar-refractivity contribution in [1.82, 2.24) is 4.90 Å². The van der Waals surface area contributed by atoms with Crippen LogP contribution in [-0.4, -0.2) is 24.9 Å². The average Bonchev–Trinajstić information content (AvgIpc) is 2.26. The second-order valence-electron chi connectivity index (χ2n) is 3.29. The third kappa shape index (κ3) is 3.00. The number of amides is 1. The van der Waals surface area contributed by atoms with Gasteiger partial charge in [-0.05, 0) is 23.2 Å². The van der Waals surface area contributed by atoms with Crippen molar-refractivity contribution in [3.8, 4) is 0 Å². The van der Waals surface area contributed by atoms with E-state index in [0.717, 1.165) is 5.56 Å². The summed E-state index contributed by atoms with van der Waals surface area (Å²) < 4.78 is 0. The van der Waals surface area contributed by atoms with Crippen LogP contribution in [0.4, 0.5) is 0 Å². The van der Waals surface area contributed by atoms with Gasteiger partial charge in [0.25, 0.3) is 5.91 Å². The SMILES string of the molecule is CN(C)C(=O)c1ccc(CN=[N+]=[N-])cc1. The molecule has 0 spiro atoms. The van der Waals surface area contributed by atoms with E-state index in [1.165, 1.54) is 4.90 Å². The van der Waals surface area contributed by atoms with Crippen molar-refractivity contribution in [1.29, 1.82) is 0 Å². The molecule has 0 N–H and O–H groups in total. The minimum atomic E-state index is -0.0367. The Morgan fingerprint density at radius 2 is 2.00 bits per heavy atom. The van der Waals surface area contributed by atoms with E-state index in [0.29, 0.717) is 12.1 Å². The zero-order chi connectivity index (χ0) is 11.3. The Morgan fingerprint density at radius 1 is 1.40 bits per heavy atom. The number of hydrogen-bond acceptors (Lipinski definition) is 2. The van der Waals surface area contributed by atoms with Gasteiger partial charge in [0.1, 0.15) is 0 Å². The lowest BCUT2D eigenvalue weighted by Crippen LogP contribution is -2.21. The van der Waals surface area contributed by atoms with Gasteiger partial charge in [-0.2, -0.15) is 0 Å². The molecule has 0 aliphatic heterocycles. The monoisotopic (exact) mass is 204 g/mol. The fourth-order valence-corrected chi connectivity index (χ4v) is 1.12. The van der Waals surface area contributed by atoms with Crippen LogP contribution in [0, 0.1) is 0 Å². The smallest absolute Gasteiger partial charge is 0.253 e. The van der Waals surface area contributed by atoms with Crippen molar-refractivity contribution in [2.75, 3.05) is 14.1 Å². The van der Waals surface area contributed by atoms with Crippen LogP contribution >= 0.6 is 0 Å². The van der Waals surface area contributed by atoms with Crippen LogP contribution in [0.5, 0.6) is 0 Å². The van der Waals surface area contributed by atoms with Gasteiger partial charge >= 0.3 is 0 Å². The minimum Gasteiger partial charge on any atom is -0.345 e. The van der Waals surface area contributed by atoms with Crippen molar-refractivity contribution >= 4 is 5.91 Å². The van der Waals surface area contributed by atoms with Gasteiger partial charge in [0.05, 0.1) is 6.54 Å². The minimum absolute atomic E-state index is 0.0367. The summed E-state index contributed by atoms with van der Waals surface area (Å²) in [5.41, 5.74) is 9.66. The molecule has 0 heterocycles. The molecule has 0 bridgehead atoms. The molecule has 0 aliphatic carbocycles. The van der Waals surface area contributed by atoms with Crippen LogP contribution in [0.25, 0.3) is 10.4 Å². The molecule has 15 heavy (non-hydrogen) atoms. The first-order valence-electron chi connectivity index (χ1n) is 4.46. The van der Waals surface area contributed by atoms with E-state index < -0.39 is 0 Å². The maximum Gasteiger partial charge on any atom is 0.253 e. The van der Waals surface area contributed by atoms with E-state index in [9.17, 15) is 4.79 Å². The van der Waals surface area contributed by atoms with Crippen molar-refractivity contribution < 1.29 is 4.79 Å². The number of azide groups is 1. The molecule has 5 heteroatoms. The van der Waals surface area contributed by atoms with E-state index in [-0.39, 0.29) is 5.91 Å². The normalized spacial score (nSPS) is 9.20. The average molecular weight is 204 g/mol. The lowest BCUT2D eigenvalue weighted by atomic mass is 10.1. The molecule has 1 aromatic carbocycles. The molecule has 1 amide bonds. The van der Waals surface area contributed by atoms with Gasteiger partial charge in [-0.3, -0.25) is 4.79 Å². The molecule has 0 unspecified atom stereocenters. The third-order valence-electron chi connectivity index (χ3n) is 1.92. The Balaban J connectivity index is 2.80. The summed E-state index contributed by atoms with van der Waals surface area (Å²) in [4.78, 5) is 15.7. The highest BCUT2D eigenvalue weighted by Crippen LogP contribution is 2.07. The van der Waals surface area contributed by atoms with Gasteiger partial charge in [0, 0.05) is 24.6 Å². The largest absolute Gasteiger partial charge is 0.345 e. The quantitative estimate of drug-likeness (QED) is 0.422. The van der Waals surface area contributed by atoms with Crippen LogP contribution in [-0.2, 0) is 6.54 Å². The maximum absolute atomic E-state index is 11.5. The lowest BCUT2D eigenvalue weighted by molar-refractivity contribution is 0.0827. The first kappa shape index (κ1) is 11.1. The molecule has 0 radical (unpaired) electrons. The number of hydrogen-bond donors (Lipinski definition) is 0. The highest BCUT2D eigenvalue weighted by Gasteiger charge is 2.06. The molecule has 0 saturated carbocycles. The van der Waals surface area contributed by atoms with E-state index in [2.05, 4.69) is 10.0 Å². The molecule has 0 saturated heterocycles. The second-order valence-corrected chi connectivity index (χ2v) is 3.29. The zero-order valence-electron chi connectivity index (χ0n) is 8.71. The molecular weight excluding hydrogens is 192 g/mol. The summed E-state index contributed by atoms with van der Waals surface area (Å²) in [5, 5.41) is 3.44. The van der Waals surface area contributed by atoms with E-state index >= 15 is 0 Å². The summed E-state index contributed by atoms with van der Waals surface area (Å²) in [5.74, 6) is -0.0367. The predicted octanol–water partition coefficient (Wildman–Crippen LogP) is 2.20. The van der Waals surface area contributed by atoms with Crippen LogP contribution in [0.3, 0.4) is 0 Å². The number of carbonyl (C=O) groups is 1. The first-order valence-corrected chi connectivity index (χ1v) is 4.46. The fraction of sp³-hybridized carbons (Fsp3) is 0.300. The van der Waals surface area contributed by atoms with E-state index in [1.807, 2.05) is 0 Å². The van der Waals surface area contributed by atoms with E-state index in [4.69, 9.17) is 5.53 Å². The standard InChI is InChI=1S/C10H12N4O/c1-14(2)10(15)9-5-3-8(4-6-9)7-12-13-11/h3-6H,7H2,1-2H3. The highest BCUT2D eigenvalue weighted by atomic mass is 16.2. The first-order chi connectivity index (χ1) is 7.15. The molecule has 5 nitrogen and oxygen atoms in total. The molecule has 0 atom stereocenters. The Bertz CT molecular complexity index is 390. The summed E-state index contributed by atoms with van der Waals surface area (Å²) in [6.07, 6.45) is 0. The molecule has 0 fully saturated rings. The number of nitrogens with zero attached hydrogens (tertiary/aromatic N) is 4. The Morgan fingerprint density at radius 3 is 2.47 bits per heavy atom. The topological polar surface area (TPSA) is 69.1 Å². The number of rotatable bonds is 3. The van der Waals surface area contributed by atoms with Gasteiger partial charge in [0.2, 0.25) is 0 Å². The van der Waals surface area contributed by atoms with Gasteiger partial charge in [0.15, 0.2) is 0 Å². The highest BCUT2D eigenvalue weighted by molar-refractivity contribution is 5.93. The second kappa shape index (κ2) is 5.02. The molecule has 1 rings (SSSR count). The van der Waals surface area contributed by atoms with Crippen molar-refractivity contribution in [2.24, 2.45) is 5.11 Å². The Labute approximate surface area is 87.9 Å². The van der Waals surface area contributed by atoms with Crippen molar-refractivity contribution in [3.63, 3.8) is 0 Å². The fourth-order valence-electron chi connectivity index (χ4n) is 1.12. The number of carbonyl (C=O) groups excluding carboxylic acids is 1.